The van der Waals surface area contributed by atoms with Crippen molar-refractivity contribution in [2.75, 3.05) is 32.1 Å². The van der Waals surface area contributed by atoms with Crippen molar-refractivity contribution >= 4 is 17.4 Å². The molecule has 1 aromatic heterocycles. The van der Waals surface area contributed by atoms with E-state index < -0.39 is 0 Å². The summed E-state index contributed by atoms with van der Waals surface area (Å²) in [6, 6.07) is 3.77. The van der Waals surface area contributed by atoms with Gasteiger partial charge in [-0.05, 0) is 26.0 Å². The van der Waals surface area contributed by atoms with Gasteiger partial charge in [0.05, 0.1) is 22.9 Å². The van der Waals surface area contributed by atoms with Crippen LogP contribution in [-0.4, -0.2) is 42.2 Å². The average molecular weight is 270 g/mol. The summed E-state index contributed by atoms with van der Waals surface area (Å²) < 4.78 is 5.70. The van der Waals surface area contributed by atoms with Crippen molar-refractivity contribution in [1.82, 2.24) is 9.88 Å². The van der Waals surface area contributed by atoms with Gasteiger partial charge in [0, 0.05) is 26.7 Å². The zero-order valence-electron chi connectivity index (χ0n) is 11.2. The van der Waals surface area contributed by atoms with Gasteiger partial charge in [0.1, 0.15) is 5.82 Å². The highest BCUT2D eigenvalue weighted by molar-refractivity contribution is 6.31. The van der Waals surface area contributed by atoms with Gasteiger partial charge in [-0.3, -0.25) is 4.90 Å². The fraction of sp³-hybridized carbons (Fsp3) is 0.615. The van der Waals surface area contributed by atoms with Crippen LogP contribution in [0.5, 0.6) is 0 Å². The van der Waals surface area contributed by atoms with E-state index in [0.29, 0.717) is 0 Å². The summed E-state index contributed by atoms with van der Waals surface area (Å²) in [7, 11) is 1.86. The van der Waals surface area contributed by atoms with E-state index in [2.05, 4.69) is 29.0 Å². The lowest BCUT2D eigenvalue weighted by Crippen LogP contribution is -2.47. The first-order valence-electron chi connectivity index (χ1n) is 6.20. The van der Waals surface area contributed by atoms with Crippen LogP contribution in [0.25, 0.3) is 0 Å². The van der Waals surface area contributed by atoms with Gasteiger partial charge in [-0.25, -0.2) is 4.98 Å². The van der Waals surface area contributed by atoms with Gasteiger partial charge in [0.2, 0.25) is 0 Å². The smallest absolute Gasteiger partial charge is 0.126 e. The fourth-order valence-corrected chi connectivity index (χ4v) is 2.36. The number of hydrogen-bond acceptors (Lipinski definition) is 4. The Morgan fingerprint density at radius 1 is 1.50 bits per heavy atom. The third-order valence-corrected chi connectivity index (χ3v) is 3.40. The Hall–Kier alpha value is -0.840. The Bertz CT molecular complexity index is 423. The monoisotopic (exact) mass is 269 g/mol. The van der Waals surface area contributed by atoms with E-state index in [4.69, 9.17) is 16.3 Å². The number of rotatable bonds is 3. The average Bonchev–Trinajstić information content (AvgIpc) is 2.31. The Morgan fingerprint density at radius 3 is 2.94 bits per heavy atom. The number of ether oxygens (including phenoxy) is 1. The molecule has 0 atom stereocenters. The molecule has 100 valence electrons. The second kappa shape index (κ2) is 5.43. The highest BCUT2D eigenvalue weighted by Crippen LogP contribution is 2.22. The van der Waals surface area contributed by atoms with E-state index in [9.17, 15) is 0 Å². The van der Waals surface area contributed by atoms with E-state index in [1.807, 2.05) is 19.2 Å². The summed E-state index contributed by atoms with van der Waals surface area (Å²) in [5, 5.41) is 3.76. The molecule has 0 unspecified atom stereocenters. The largest absolute Gasteiger partial charge is 0.373 e. The predicted octanol–water partition coefficient (Wildman–Crippen LogP) is 2.39. The number of aromatic nitrogens is 1. The van der Waals surface area contributed by atoms with E-state index in [-0.39, 0.29) is 5.60 Å². The fourth-order valence-electron chi connectivity index (χ4n) is 2.20. The molecule has 0 saturated carbocycles. The van der Waals surface area contributed by atoms with Crippen LogP contribution in [0.1, 0.15) is 19.5 Å². The molecule has 2 heterocycles. The van der Waals surface area contributed by atoms with Crippen LogP contribution in [0.2, 0.25) is 5.02 Å². The minimum Gasteiger partial charge on any atom is -0.373 e. The maximum atomic E-state index is 6.20. The van der Waals surface area contributed by atoms with Crippen molar-refractivity contribution in [2.24, 2.45) is 0 Å². The standard InChI is InChI=1S/C13H20ClN3O/c1-13(2)9-17(6-7-18-13)8-11-10(14)4-5-12(15-3)16-11/h4-5H,6-9H2,1-3H3,(H,15,16). The first kappa shape index (κ1) is 13.6. The lowest BCUT2D eigenvalue weighted by atomic mass is 10.1. The number of nitrogens with one attached hydrogen (secondary N) is 1. The van der Waals surface area contributed by atoms with Crippen LogP contribution in [0, 0.1) is 0 Å². The molecular formula is C13H20ClN3O. The minimum absolute atomic E-state index is 0.0919. The number of nitrogens with zero attached hydrogens (tertiary/aromatic N) is 2. The zero-order valence-corrected chi connectivity index (χ0v) is 11.9. The number of halogens is 1. The van der Waals surface area contributed by atoms with Gasteiger partial charge in [-0.2, -0.15) is 0 Å². The molecule has 4 nitrogen and oxygen atoms in total. The number of hydrogen-bond donors (Lipinski definition) is 1. The van der Waals surface area contributed by atoms with E-state index >= 15 is 0 Å². The second-order valence-electron chi connectivity index (χ2n) is 5.19. The van der Waals surface area contributed by atoms with Gasteiger partial charge in [0.15, 0.2) is 0 Å². The molecule has 0 aliphatic carbocycles. The number of morpholine rings is 1. The summed E-state index contributed by atoms with van der Waals surface area (Å²) >= 11 is 6.20. The van der Waals surface area contributed by atoms with Gasteiger partial charge in [-0.1, -0.05) is 11.6 Å². The third kappa shape index (κ3) is 3.34. The minimum atomic E-state index is -0.0919. The summed E-state index contributed by atoms with van der Waals surface area (Å²) in [6.07, 6.45) is 0. The van der Waals surface area contributed by atoms with E-state index in [1.165, 1.54) is 0 Å². The summed E-state index contributed by atoms with van der Waals surface area (Å²) in [4.78, 5) is 6.84. The topological polar surface area (TPSA) is 37.4 Å². The van der Waals surface area contributed by atoms with Crippen LogP contribution in [-0.2, 0) is 11.3 Å². The molecule has 2 rings (SSSR count). The van der Waals surface area contributed by atoms with Crippen molar-refractivity contribution in [1.29, 1.82) is 0 Å². The Labute approximate surface area is 113 Å². The SMILES string of the molecule is CNc1ccc(Cl)c(CN2CCOC(C)(C)C2)n1. The molecule has 1 aliphatic rings. The maximum absolute atomic E-state index is 6.20. The van der Waals surface area contributed by atoms with Crippen LogP contribution in [0.15, 0.2) is 12.1 Å². The van der Waals surface area contributed by atoms with Crippen molar-refractivity contribution in [3.63, 3.8) is 0 Å². The Kier molecular flexibility index (Phi) is 4.10. The predicted molar refractivity (Wildman–Crippen MR) is 74.1 cm³/mol. The molecule has 1 aliphatic heterocycles. The quantitative estimate of drug-likeness (QED) is 0.914. The zero-order chi connectivity index (χ0) is 13.2. The highest BCUT2D eigenvalue weighted by atomic mass is 35.5. The highest BCUT2D eigenvalue weighted by Gasteiger charge is 2.27. The van der Waals surface area contributed by atoms with Crippen LogP contribution < -0.4 is 5.32 Å². The first-order chi connectivity index (χ1) is 8.50. The normalized spacial score (nSPS) is 19.8. The molecule has 0 radical (unpaired) electrons. The Morgan fingerprint density at radius 2 is 2.28 bits per heavy atom. The van der Waals surface area contributed by atoms with Crippen molar-refractivity contribution in [3.05, 3.63) is 22.8 Å². The van der Waals surface area contributed by atoms with Crippen molar-refractivity contribution in [3.8, 4) is 0 Å². The molecule has 1 saturated heterocycles. The number of anilines is 1. The molecule has 0 amide bonds. The first-order valence-corrected chi connectivity index (χ1v) is 6.57. The van der Waals surface area contributed by atoms with Crippen LogP contribution >= 0.6 is 11.6 Å². The van der Waals surface area contributed by atoms with Crippen LogP contribution in [0.3, 0.4) is 0 Å². The summed E-state index contributed by atoms with van der Waals surface area (Å²) in [5.74, 6) is 0.849. The molecule has 5 heteroatoms. The molecule has 1 fully saturated rings. The lowest BCUT2D eigenvalue weighted by Gasteiger charge is -2.38. The lowest BCUT2D eigenvalue weighted by molar-refractivity contribution is -0.0885. The molecule has 0 aromatic carbocycles. The maximum Gasteiger partial charge on any atom is 0.126 e. The molecule has 1 aromatic rings. The second-order valence-corrected chi connectivity index (χ2v) is 5.60. The van der Waals surface area contributed by atoms with Crippen LogP contribution in [0.4, 0.5) is 5.82 Å². The van der Waals surface area contributed by atoms with Crippen molar-refractivity contribution < 1.29 is 4.74 Å². The summed E-state index contributed by atoms with van der Waals surface area (Å²) in [5.41, 5.74) is 0.826. The molecule has 18 heavy (non-hydrogen) atoms. The molecule has 1 N–H and O–H groups in total. The van der Waals surface area contributed by atoms with Gasteiger partial charge in [0.25, 0.3) is 0 Å². The van der Waals surface area contributed by atoms with Gasteiger partial charge >= 0.3 is 0 Å². The third-order valence-electron chi connectivity index (χ3n) is 3.05. The van der Waals surface area contributed by atoms with Gasteiger partial charge < -0.3 is 10.1 Å². The molecule has 0 spiro atoms. The van der Waals surface area contributed by atoms with Gasteiger partial charge in [-0.15, -0.1) is 0 Å². The van der Waals surface area contributed by atoms with Crippen molar-refractivity contribution in [2.45, 2.75) is 26.0 Å². The summed E-state index contributed by atoms with van der Waals surface area (Å²) in [6.45, 7) is 7.56. The number of pyridine rings is 1. The molecule has 0 bridgehead atoms. The Balaban J connectivity index is 2.09. The van der Waals surface area contributed by atoms with E-state index in [0.717, 1.165) is 42.8 Å². The molecular weight excluding hydrogens is 250 g/mol. The van der Waals surface area contributed by atoms with E-state index in [1.54, 1.807) is 0 Å².